The molecule has 62 heavy (non-hydrogen) atoms. The van der Waals surface area contributed by atoms with Crippen LogP contribution in [0.25, 0.3) is 93.2 Å². The lowest BCUT2D eigenvalue weighted by Gasteiger charge is -2.28. The van der Waals surface area contributed by atoms with Gasteiger partial charge < -0.3 is 9.47 Å². The van der Waals surface area contributed by atoms with Gasteiger partial charge in [0.25, 0.3) is 0 Å². The first kappa shape index (κ1) is 35.7. The molecular weight excluding hydrogens is 749 g/mol. The smallest absolute Gasteiger partial charge is 0.0541 e. The summed E-state index contributed by atoms with van der Waals surface area (Å²) in [6, 6.07) is 88.6. The van der Waals surface area contributed by atoms with E-state index in [0.29, 0.717) is 0 Å². The van der Waals surface area contributed by atoms with Gasteiger partial charge in [0.2, 0.25) is 0 Å². The standard InChI is InChI=1S/C60H40N2/c1-2-13-44-37-50(27-24-41(44)12-1)55-18-5-8-21-58(55)61(53-34-30-43(31-35-53)48-25-26-49-36-45-14-3-4-15-46(45)38-51(49)39-48)52-32-28-42(29-33-52)47-16-11-17-54(40-47)62-59-22-9-6-19-56(59)57-20-7-10-23-60(57)62/h1-40H. The number of aromatic nitrogens is 1. The number of anilines is 3. The second kappa shape index (κ2) is 14.8. The lowest BCUT2D eigenvalue weighted by atomic mass is 9.97. The maximum absolute atomic E-state index is 2.40. The van der Waals surface area contributed by atoms with Gasteiger partial charge in [-0.1, -0.05) is 164 Å². The summed E-state index contributed by atoms with van der Waals surface area (Å²) in [5.41, 5.74) is 14.0. The maximum atomic E-state index is 2.40. The predicted octanol–water partition coefficient (Wildman–Crippen LogP) is 16.7. The highest BCUT2D eigenvalue weighted by atomic mass is 15.1. The van der Waals surface area contributed by atoms with E-state index in [2.05, 4.69) is 252 Å². The van der Waals surface area contributed by atoms with Crippen molar-refractivity contribution >= 4 is 71.2 Å². The van der Waals surface area contributed by atoms with E-state index in [1.807, 2.05) is 0 Å². The van der Waals surface area contributed by atoms with Crippen LogP contribution in [0.2, 0.25) is 0 Å². The first-order valence-electron chi connectivity index (χ1n) is 21.3. The summed E-state index contributed by atoms with van der Waals surface area (Å²) in [7, 11) is 0. The Hall–Kier alpha value is -8.20. The zero-order valence-electron chi connectivity index (χ0n) is 34.0. The zero-order chi connectivity index (χ0) is 41.0. The number of benzene rings is 11. The van der Waals surface area contributed by atoms with Crippen molar-refractivity contribution in [3.63, 3.8) is 0 Å². The van der Waals surface area contributed by atoms with Crippen molar-refractivity contribution in [1.82, 2.24) is 4.57 Å². The largest absolute Gasteiger partial charge is 0.310 e. The van der Waals surface area contributed by atoms with Crippen molar-refractivity contribution < 1.29 is 0 Å². The highest BCUT2D eigenvalue weighted by Gasteiger charge is 2.19. The van der Waals surface area contributed by atoms with Crippen LogP contribution in [-0.2, 0) is 0 Å². The number of fused-ring (bicyclic) bond motifs is 6. The van der Waals surface area contributed by atoms with Gasteiger partial charge in [-0.3, -0.25) is 0 Å². The fourth-order valence-corrected chi connectivity index (χ4v) is 9.45. The Bertz CT molecular complexity index is 3580. The molecule has 0 unspecified atom stereocenters. The third-order valence-corrected chi connectivity index (χ3v) is 12.5. The second-order valence-corrected chi connectivity index (χ2v) is 16.2. The molecule has 0 spiro atoms. The van der Waals surface area contributed by atoms with E-state index in [4.69, 9.17) is 0 Å². The first-order valence-corrected chi connectivity index (χ1v) is 21.3. The van der Waals surface area contributed by atoms with Crippen molar-refractivity contribution in [2.75, 3.05) is 4.90 Å². The van der Waals surface area contributed by atoms with E-state index >= 15 is 0 Å². The Labute approximate surface area is 360 Å². The van der Waals surface area contributed by atoms with Crippen LogP contribution in [-0.4, -0.2) is 4.57 Å². The quantitative estimate of drug-likeness (QED) is 0.146. The van der Waals surface area contributed by atoms with E-state index in [-0.39, 0.29) is 0 Å². The normalized spacial score (nSPS) is 11.5. The van der Waals surface area contributed by atoms with Gasteiger partial charge in [-0.05, 0) is 139 Å². The van der Waals surface area contributed by atoms with Crippen LogP contribution in [0.3, 0.4) is 0 Å². The van der Waals surface area contributed by atoms with Crippen LogP contribution in [0.1, 0.15) is 0 Å². The van der Waals surface area contributed by atoms with Crippen LogP contribution in [0.4, 0.5) is 17.1 Å². The molecule has 0 N–H and O–H groups in total. The van der Waals surface area contributed by atoms with Gasteiger partial charge in [0, 0.05) is 33.4 Å². The minimum Gasteiger partial charge on any atom is -0.310 e. The summed E-state index contributed by atoms with van der Waals surface area (Å²) >= 11 is 0. The van der Waals surface area contributed by atoms with Crippen molar-refractivity contribution in [1.29, 1.82) is 0 Å². The molecule has 0 amide bonds. The number of hydrogen-bond acceptors (Lipinski definition) is 1. The summed E-state index contributed by atoms with van der Waals surface area (Å²) in [4.78, 5) is 2.40. The van der Waals surface area contributed by atoms with Crippen LogP contribution < -0.4 is 4.90 Å². The molecule has 2 nitrogen and oxygen atoms in total. The van der Waals surface area contributed by atoms with Crippen molar-refractivity contribution in [2.24, 2.45) is 0 Å². The molecule has 0 radical (unpaired) electrons. The zero-order valence-corrected chi connectivity index (χ0v) is 34.0. The van der Waals surface area contributed by atoms with Gasteiger partial charge in [0.15, 0.2) is 0 Å². The lowest BCUT2D eigenvalue weighted by Crippen LogP contribution is -2.11. The first-order chi connectivity index (χ1) is 30.7. The van der Waals surface area contributed by atoms with Crippen molar-refractivity contribution in [2.45, 2.75) is 0 Å². The van der Waals surface area contributed by atoms with Gasteiger partial charge in [-0.25, -0.2) is 0 Å². The topological polar surface area (TPSA) is 8.17 Å². The third kappa shape index (κ3) is 6.20. The van der Waals surface area contributed by atoms with Gasteiger partial charge >= 0.3 is 0 Å². The van der Waals surface area contributed by atoms with Gasteiger partial charge in [-0.15, -0.1) is 0 Å². The van der Waals surface area contributed by atoms with Crippen molar-refractivity contribution in [3.05, 3.63) is 243 Å². The molecule has 1 aromatic heterocycles. The van der Waals surface area contributed by atoms with Crippen LogP contribution in [0.5, 0.6) is 0 Å². The SMILES string of the molecule is c1cc(-c2ccc(N(c3ccc(-c4ccc5cc6ccccc6cc5c4)cc3)c3ccccc3-c3ccc4ccccc4c3)cc2)cc(-n2c3ccccc3c3ccccc32)c1. The molecule has 0 aliphatic carbocycles. The molecule has 12 rings (SSSR count). The number of rotatable bonds is 7. The number of nitrogens with zero attached hydrogens (tertiary/aromatic N) is 2. The van der Waals surface area contributed by atoms with Gasteiger partial charge in [0.1, 0.15) is 0 Å². The third-order valence-electron chi connectivity index (χ3n) is 12.5. The minimum absolute atomic E-state index is 1.09. The van der Waals surface area contributed by atoms with Crippen LogP contribution in [0.15, 0.2) is 243 Å². The fraction of sp³-hybridized carbons (Fsp3) is 0. The molecule has 0 fully saturated rings. The molecular formula is C60H40N2. The minimum atomic E-state index is 1.09. The Morgan fingerprint density at radius 3 is 1.42 bits per heavy atom. The van der Waals surface area contributed by atoms with E-state index in [1.54, 1.807) is 0 Å². The summed E-state index contributed by atoms with van der Waals surface area (Å²) in [5.74, 6) is 0. The van der Waals surface area contributed by atoms with Crippen LogP contribution in [0, 0.1) is 0 Å². The summed E-state index contributed by atoms with van der Waals surface area (Å²) < 4.78 is 2.39. The molecule has 0 aliphatic heterocycles. The molecule has 1 heterocycles. The average molecular weight is 789 g/mol. The molecule has 290 valence electrons. The van der Waals surface area contributed by atoms with Crippen LogP contribution >= 0.6 is 0 Å². The highest BCUT2D eigenvalue weighted by Crippen LogP contribution is 2.43. The Kier molecular flexibility index (Phi) is 8.53. The Morgan fingerprint density at radius 1 is 0.274 bits per heavy atom. The number of para-hydroxylation sites is 3. The molecule has 12 aromatic rings. The molecule has 0 bridgehead atoms. The lowest BCUT2D eigenvalue weighted by molar-refractivity contribution is 1.18. The molecule has 0 aliphatic rings. The second-order valence-electron chi connectivity index (χ2n) is 16.2. The highest BCUT2D eigenvalue weighted by molar-refractivity contribution is 6.09. The predicted molar refractivity (Wildman–Crippen MR) is 264 cm³/mol. The monoisotopic (exact) mass is 788 g/mol. The molecule has 0 atom stereocenters. The molecule has 2 heteroatoms. The Morgan fingerprint density at radius 2 is 0.742 bits per heavy atom. The maximum Gasteiger partial charge on any atom is 0.0541 e. The van der Waals surface area contributed by atoms with Gasteiger partial charge in [-0.2, -0.15) is 0 Å². The van der Waals surface area contributed by atoms with Crippen molar-refractivity contribution in [3.8, 4) is 39.1 Å². The summed E-state index contributed by atoms with van der Waals surface area (Å²) in [6.45, 7) is 0. The van der Waals surface area contributed by atoms with E-state index in [9.17, 15) is 0 Å². The molecule has 0 saturated heterocycles. The molecule has 11 aromatic carbocycles. The van der Waals surface area contributed by atoms with Gasteiger partial charge in [0.05, 0.1) is 16.7 Å². The number of hydrogen-bond donors (Lipinski definition) is 0. The van der Waals surface area contributed by atoms with E-state index in [0.717, 1.165) is 22.7 Å². The Balaban J connectivity index is 0.950. The average Bonchev–Trinajstić information content (AvgIpc) is 3.68. The van der Waals surface area contributed by atoms with E-state index < -0.39 is 0 Å². The molecule has 0 saturated carbocycles. The fourth-order valence-electron chi connectivity index (χ4n) is 9.45. The van der Waals surface area contributed by atoms with E-state index in [1.165, 1.54) is 87.5 Å². The summed E-state index contributed by atoms with van der Waals surface area (Å²) in [6.07, 6.45) is 0. The summed E-state index contributed by atoms with van der Waals surface area (Å²) in [5, 5.41) is 10.0.